The Kier molecular flexibility index (Phi) is 10.8. The highest BCUT2D eigenvalue weighted by Crippen LogP contribution is 2.43. The number of rotatable bonds is 13. The van der Waals surface area contributed by atoms with Crippen molar-refractivity contribution in [3.05, 3.63) is 105 Å². The van der Waals surface area contributed by atoms with Gasteiger partial charge in [-0.15, -0.1) is 0 Å². The maximum atomic E-state index is 13.5. The molecule has 12 nitrogen and oxygen atoms in total. The number of benzene rings is 2. The third-order valence-corrected chi connectivity index (χ3v) is 8.14. The van der Waals surface area contributed by atoms with E-state index in [-0.39, 0.29) is 24.7 Å². The van der Waals surface area contributed by atoms with Crippen LogP contribution in [-0.2, 0) is 9.59 Å². The lowest BCUT2D eigenvalue weighted by Crippen LogP contribution is -2.24. The molecule has 4 aromatic rings. The van der Waals surface area contributed by atoms with E-state index in [1.165, 1.54) is 46.1 Å². The van der Waals surface area contributed by atoms with Gasteiger partial charge < -0.3 is 20.9 Å². The second-order valence-corrected chi connectivity index (χ2v) is 10.9. The van der Waals surface area contributed by atoms with Gasteiger partial charge >= 0.3 is 11.1 Å². The van der Waals surface area contributed by atoms with E-state index in [1.54, 1.807) is 62.4 Å². The molecular weight excluding hydrogens is 605 g/mol. The summed E-state index contributed by atoms with van der Waals surface area (Å²) in [6.07, 6.45) is 8.36. The Morgan fingerprint density at radius 3 is 1.48 bits per heavy atom. The Labute approximate surface area is 259 Å². The predicted octanol–water partition coefficient (Wildman–Crippen LogP) is 3.37. The number of aromatic nitrogens is 4. The van der Waals surface area contributed by atoms with Crippen LogP contribution in [-0.4, -0.2) is 44.6 Å². The third kappa shape index (κ3) is 7.46. The van der Waals surface area contributed by atoms with Crippen LogP contribution in [0.2, 0.25) is 0 Å². The predicted molar refractivity (Wildman–Crippen MR) is 170 cm³/mol. The van der Waals surface area contributed by atoms with Crippen LogP contribution in [0.25, 0.3) is 23.5 Å². The molecule has 4 N–H and O–H groups in total. The molecule has 0 bridgehead atoms. The number of primary amides is 2. The lowest BCUT2D eigenvalue weighted by Gasteiger charge is -2.15. The first-order valence-corrected chi connectivity index (χ1v) is 15.4. The second kappa shape index (κ2) is 14.9. The van der Waals surface area contributed by atoms with Crippen LogP contribution in [0.15, 0.2) is 92.5 Å². The zero-order chi connectivity index (χ0) is 31.6. The summed E-state index contributed by atoms with van der Waals surface area (Å²) in [6, 6.07) is 13.8. The number of carbonyl (C=O) groups excluding carboxylic acids is 2. The van der Waals surface area contributed by atoms with Crippen LogP contribution >= 0.6 is 21.6 Å². The number of carbonyl (C=O) groups is 2. The smallest absolute Gasteiger partial charge is 0.315 e. The molecule has 2 heterocycles. The molecular formula is C30H28N6O6S2. The Balaban J connectivity index is 1.70. The van der Waals surface area contributed by atoms with Crippen molar-refractivity contribution in [2.75, 3.05) is 13.2 Å². The van der Waals surface area contributed by atoms with E-state index in [0.29, 0.717) is 32.3 Å². The van der Waals surface area contributed by atoms with Crippen molar-refractivity contribution in [2.45, 2.75) is 23.6 Å². The van der Waals surface area contributed by atoms with Crippen LogP contribution in [0.3, 0.4) is 0 Å². The number of ether oxygens (including phenoxy) is 2. The molecule has 0 aliphatic rings. The van der Waals surface area contributed by atoms with Crippen molar-refractivity contribution in [3.8, 4) is 22.9 Å². The third-order valence-electron chi connectivity index (χ3n) is 5.78. The summed E-state index contributed by atoms with van der Waals surface area (Å²) in [6.45, 7) is 3.93. The van der Waals surface area contributed by atoms with Gasteiger partial charge in [0.25, 0.3) is 0 Å². The number of hydrogen-bond donors (Lipinski definition) is 2. The topological polar surface area (TPSA) is 174 Å². The van der Waals surface area contributed by atoms with Crippen molar-refractivity contribution < 1.29 is 19.1 Å². The normalized spacial score (nSPS) is 11.2. The lowest BCUT2D eigenvalue weighted by atomic mass is 10.1. The maximum Gasteiger partial charge on any atom is 0.315 e. The molecule has 4 rings (SSSR count). The van der Waals surface area contributed by atoms with E-state index < -0.39 is 22.9 Å². The first-order chi connectivity index (χ1) is 21.2. The van der Waals surface area contributed by atoms with E-state index in [0.717, 1.165) is 21.6 Å². The van der Waals surface area contributed by atoms with Crippen molar-refractivity contribution in [1.82, 2.24) is 19.6 Å². The number of amides is 2. The molecule has 0 aliphatic carbocycles. The molecule has 0 aliphatic heterocycles. The fourth-order valence-corrected chi connectivity index (χ4v) is 5.99. The number of para-hydroxylation sites is 2. The van der Waals surface area contributed by atoms with Gasteiger partial charge in [-0.2, -0.15) is 19.6 Å². The molecule has 226 valence electrons. The van der Waals surface area contributed by atoms with Crippen LogP contribution in [0, 0.1) is 0 Å². The summed E-state index contributed by atoms with van der Waals surface area (Å²) in [5, 5.41) is 8.70. The average Bonchev–Trinajstić information content (AvgIpc) is 3.01. The Morgan fingerprint density at radius 2 is 1.11 bits per heavy atom. The molecule has 0 atom stereocenters. The highest BCUT2D eigenvalue weighted by molar-refractivity contribution is 8.76. The molecule has 14 heteroatoms. The Hall–Kier alpha value is -5.08. The molecule has 44 heavy (non-hydrogen) atoms. The van der Waals surface area contributed by atoms with Crippen LogP contribution in [0.5, 0.6) is 11.5 Å². The van der Waals surface area contributed by atoms with Crippen LogP contribution in [0.4, 0.5) is 0 Å². The largest absolute Gasteiger partial charge is 0.487 e. The minimum atomic E-state index is -0.628. The molecule has 0 saturated carbocycles. The number of nitrogens with zero attached hydrogens (tertiary/aromatic N) is 4. The summed E-state index contributed by atoms with van der Waals surface area (Å²) < 4.78 is 13.8. The van der Waals surface area contributed by atoms with E-state index in [9.17, 15) is 19.2 Å². The van der Waals surface area contributed by atoms with Gasteiger partial charge in [0.05, 0.1) is 46.8 Å². The first kappa shape index (κ1) is 31.8. The highest BCUT2D eigenvalue weighted by Gasteiger charge is 2.20. The van der Waals surface area contributed by atoms with Gasteiger partial charge in [0.2, 0.25) is 23.3 Å². The molecule has 2 aromatic carbocycles. The fraction of sp³-hybridized carbons (Fsp3) is 0.133. The molecule has 0 radical (unpaired) electrons. The molecule has 0 fully saturated rings. The summed E-state index contributed by atoms with van der Waals surface area (Å²) in [7, 11) is 2.30. The van der Waals surface area contributed by atoms with E-state index in [1.807, 2.05) is 0 Å². The fourth-order valence-electron chi connectivity index (χ4n) is 3.94. The Bertz CT molecular complexity index is 1730. The van der Waals surface area contributed by atoms with Gasteiger partial charge in [-0.1, -0.05) is 36.4 Å². The average molecular weight is 633 g/mol. The van der Waals surface area contributed by atoms with Crippen LogP contribution < -0.4 is 32.1 Å². The molecule has 0 unspecified atom stereocenters. The van der Waals surface area contributed by atoms with Gasteiger partial charge in [-0.25, -0.2) is 0 Å². The van der Waals surface area contributed by atoms with Gasteiger partial charge in [0.1, 0.15) is 0 Å². The highest BCUT2D eigenvalue weighted by atomic mass is 33.1. The molecule has 0 spiro atoms. The zero-order valence-corrected chi connectivity index (χ0v) is 25.3. The Morgan fingerprint density at radius 1 is 0.727 bits per heavy atom. The summed E-state index contributed by atoms with van der Waals surface area (Å²) in [5.41, 5.74) is 11.4. The standard InChI is InChI=1S/C30H28N6O6S2/c1-3-41-27-23(17-33-35(29(27)39)21-11-7-5-9-19(21)13-15-25(31)37)43-44-24-18-34-36(30(40)28(24)42-4-2)22-12-8-6-10-20(22)14-16-26(32)38/h5-18H,3-4H2,1-2H3,(H2,31,37)(H2,32,38)/b15-13-,16-14+. The van der Waals surface area contributed by atoms with Gasteiger partial charge in [0, 0.05) is 23.3 Å². The quantitative estimate of drug-likeness (QED) is 0.164. The van der Waals surface area contributed by atoms with Gasteiger partial charge in [-0.3, -0.25) is 19.2 Å². The molecule has 2 amide bonds. The van der Waals surface area contributed by atoms with Crippen molar-refractivity contribution >= 4 is 45.6 Å². The van der Waals surface area contributed by atoms with Gasteiger partial charge in [-0.05, 0) is 59.7 Å². The maximum absolute atomic E-state index is 13.5. The number of nitrogens with two attached hydrogens (primary N) is 2. The minimum Gasteiger partial charge on any atom is -0.487 e. The summed E-state index contributed by atoms with van der Waals surface area (Å²) in [5.74, 6) is -1.14. The summed E-state index contributed by atoms with van der Waals surface area (Å²) in [4.78, 5) is 50.5. The van der Waals surface area contributed by atoms with Crippen molar-refractivity contribution in [1.29, 1.82) is 0 Å². The monoisotopic (exact) mass is 632 g/mol. The minimum absolute atomic E-state index is 0.0584. The molecule has 2 aromatic heterocycles. The summed E-state index contributed by atoms with van der Waals surface area (Å²) >= 11 is 0. The van der Waals surface area contributed by atoms with Crippen LogP contribution in [0.1, 0.15) is 25.0 Å². The van der Waals surface area contributed by atoms with E-state index in [2.05, 4.69) is 10.2 Å². The number of hydrogen-bond acceptors (Lipinski definition) is 10. The first-order valence-electron chi connectivity index (χ1n) is 13.2. The van der Waals surface area contributed by atoms with Gasteiger partial charge in [0.15, 0.2) is 0 Å². The van der Waals surface area contributed by atoms with E-state index in [4.69, 9.17) is 20.9 Å². The second-order valence-electron chi connectivity index (χ2n) is 8.73. The zero-order valence-electron chi connectivity index (χ0n) is 23.7. The molecule has 0 saturated heterocycles. The lowest BCUT2D eigenvalue weighted by molar-refractivity contribution is -0.114. The SMILES string of the molecule is CCOc1c(SSc2cnn(-c3ccccc3/C=C/C(N)=O)c(=O)c2OCC)cnn(-c2ccccc2/C=C\C(N)=O)c1=O. The van der Waals surface area contributed by atoms with Crippen molar-refractivity contribution in [2.24, 2.45) is 11.5 Å². The van der Waals surface area contributed by atoms with Crippen molar-refractivity contribution in [3.63, 3.8) is 0 Å². The van der Waals surface area contributed by atoms with E-state index >= 15 is 0 Å².